The fourth-order valence-electron chi connectivity index (χ4n) is 2.81. The lowest BCUT2D eigenvalue weighted by Gasteiger charge is -2.06. The lowest BCUT2D eigenvalue weighted by molar-refractivity contribution is -0.117. The first-order chi connectivity index (χ1) is 13.6. The molecular weight excluding hydrogens is 372 g/mol. The number of nitrogens with zero attached hydrogens (tertiary/aromatic N) is 2. The number of thiazole rings is 1. The van der Waals surface area contributed by atoms with Gasteiger partial charge in [-0.15, -0.1) is 11.3 Å². The average Bonchev–Trinajstić information content (AvgIpc) is 3.48. The number of aromatic nitrogens is 2. The Morgan fingerprint density at radius 3 is 2.57 bits per heavy atom. The molecule has 7 heteroatoms. The number of carbonyl (C=O) groups excluding carboxylic acids is 2. The summed E-state index contributed by atoms with van der Waals surface area (Å²) >= 11 is 1.40. The van der Waals surface area contributed by atoms with Crippen molar-refractivity contribution in [3.05, 3.63) is 69.8 Å². The summed E-state index contributed by atoms with van der Waals surface area (Å²) in [5, 5.41) is 6.54. The lowest BCUT2D eigenvalue weighted by atomic mass is 10.2. The van der Waals surface area contributed by atoms with Gasteiger partial charge in [-0.25, -0.2) is 9.97 Å². The highest BCUT2D eigenvalue weighted by molar-refractivity contribution is 7.14. The Kier molecular flexibility index (Phi) is 5.16. The summed E-state index contributed by atoms with van der Waals surface area (Å²) in [7, 11) is 0. The number of hydrogen-bond acceptors (Lipinski definition) is 5. The monoisotopic (exact) mass is 392 g/mol. The average molecular weight is 392 g/mol. The van der Waals surface area contributed by atoms with Crippen LogP contribution in [0.15, 0.2) is 48.7 Å². The summed E-state index contributed by atoms with van der Waals surface area (Å²) in [6, 6.07) is 13.5. The van der Waals surface area contributed by atoms with Gasteiger partial charge in [-0.05, 0) is 37.5 Å². The highest BCUT2D eigenvalue weighted by Gasteiger charge is 2.29. The van der Waals surface area contributed by atoms with Crippen LogP contribution in [0.5, 0.6) is 0 Å². The van der Waals surface area contributed by atoms with Gasteiger partial charge in [0.05, 0.1) is 22.6 Å². The Bertz CT molecular complexity index is 995. The number of pyridine rings is 1. The molecule has 0 unspecified atom stereocenters. The van der Waals surface area contributed by atoms with Crippen LogP contribution in [0.3, 0.4) is 0 Å². The van der Waals surface area contributed by atoms with Gasteiger partial charge in [0.2, 0.25) is 5.91 Å². The number of hydrogen-bond donors (Lipinski definition) is 2. The van der Waals surface area contributed by atoms with E-state index in [1.165, 1.54) is 11.3 Å². The van der Waals surface area contributed by atoms with E-state index in [0.29, 0.717) is 22.8 Å². The number of nitrogens with one attached hydrogen (secondary N) is 2. The number of aryl methyl sites for hydroxylation is 1. The van der Waals surface area contributed by atoms with Gasteiger partial charge in [-0.3, -0.25) is 9.59 Å². The summed E-state index contributed by atoms with van der Waals surface area (Å²) in [4.78, 5) is 33.7. The SMILES string of the molecule is Cc1nc(Cc2ccccc2)sc1C(=O)Nc1ccc(NC(=O)C2CC2)nc1. The molecule has 4 rings (SSSR count). The second-order valence-corrected chi connectivity index (χ2v) is 7.92. The smallest absolute Gasteiger partial charge is 0.267 e. The Labute approximate surface area is 167 Å². The minimum atomic E-state index is -0.203. The largest absolute Gasteiger partial charge is 0.320 e. The van der Waals surface area contributed by atoms with Crippen LogP contribution in [-0.2, 0) is 11.2 Å². The van der Waals surface area contributed by atoms with Crippen LogP contribution in [0.25, 0.3) is 0 Å². The van der Waals surface area contributed by atoms with E-state index in [1.54, 1.807) is 18.3 Å². The van der Waals surface area contributed by atoms with Crippen molar-refractivity contribution in [2.75, 3.05) is 10.6 Å². The molecule has 1 fully saturated rings. The van der Waals surface area contributed by atoms with Crippen LogP contribution in [0, 0.1) is 12.8 Å². The zero-order chi connectivity index (χ0) is 19.5. The van der Waals surface area contributed by atoms with Gasteiger partial charge in [-0.2, -0.15) is 0 Å². The van der Waals surface area contributed by atoms with Crippen LogP contribution >= 0.6 is 11.3 Å². The maximum absolute atomic E-state index is 12.6. The molecule has 2 heterocycles. The Morgan fingerprint density at radius 1 is 1.11 bits per heavy atom. The molecule has 0 bridgehead atoms. The molecule has 2 N–H and O–H groups in total. The quantitative estimate of drug-likeness (QED) is 0.663. The van der Waals surface area contributed by atoms with Gasteiger partial charge >= 0.3 is 0 Å². The van der Waals surface area contributed by atoms with Gasteiger partial charge in [0.1, 0.15) is 10.7 Å². The second kappa shape index (κ2) is 7.90. The Morgan fingerprint density at radius 2 is 1.89 bits per heavy atom. The van der Waals surface area contributed by atoms with Gasteiger partial charge in [0, 0.05) is 12.3 Å². The third-order valence-electron chi connectivity index (χ3n) is 4.47. The number of benzene rings is 1. The third-order valence-corrected chi connectivity index (χ3v) is 5.62. The molecule has 142 valence electrons. The summed E-state index contributed by atoms with van der Waals surface area (Å²) in [6.45, 7) is 1.84. The zero-order valence-corrected chi connectivity index (χ0v) is 16.3. The molecule has 0 saturated heterocycles. The Hall–Kier alpha value is -3.06. The first kappa shape index (κ1) is 18.3. The number of rotatable bonds is 6. The van der Waals surface area contributed by atoms with E-state index in [2.05, 4.69) is 20.6 Å². The first-order valence-corrected chi connectivity index (χ1v) is 9.98. The normalized spacial score (nSPS) is 13.2. The highest BCUT2D eigenvalue weighted by Crippen LogP contribution is 2.30. The molecule has 0 radical (unpaired) electrons. The van der Waals surface area contributed by atoms with Crippen molar-refractivity contribution in [3.8, 4) is 0 Å². The lowest BCUT2D eigenvalue weighted by Crippen LogP contribution is -2.15. The van der Waals surface area contributed by atoms with E-state index < -0.39 is 0 Å². The van der Waals surface area contributed by atoms with Crippen molar-refractivity contribution in [1.29, 1.82) is 0 Å². The molecular formula is C21H20N4O2S. The maximum Gasteiger partial charge on any atom is 0.267 e. The van der Waals surface area contributed by atoms with Crippen LogP contribution in [-0.4, -0.2) is 21.8 Å². The van der Waals surface area contributed by atoms with Gasteiger partial charge in [0.25, 0.3) is 5.91 Å². The van der Waals surface area contributed by atoms with E-state index in [0.717, 1.165) is 29.1 Å². The van der Waals surface area contributed by atoms with Crippen molar-refractivity contribution >= 4 is 34.7 Å². The molecule has 6 nitrogen and oxygen atoms in total. The van der Waals surface area contributed by atoms with Crippen molar-refractivity contribution in [2.24, 2.45) is 5.92 Å². The van der Waals surface area contributed by atoms with E-state index in [1.807, 2.05) is 37.3 Å². The minimum Gasteiger partial charge on any atom is -0.320 e. The third kappa shape index (κ3) is 4.43. The van der Waals surface area contributed by atoms with Crippen LogP contribution in [0.2, 0.25) is 0 Å². The van der Waals surface area contributed by atoms with Gasteiger partial charge in [-0.1, -0.05) is 30.3 Å². The van der Waals surface area contributed by atoms with Crippen molar-refractivity contribution in [2.45, 2.75) is 26.2 Å². The number of carbonyl (C=O) groups is 2. The fourth-order valence-corrected chi connectivity index (χ4v) is 3.81. The molecule has 1 saturated carbocycles. The predicted octanol–water partition coefficient (Wildman–Crippen LogP) is 4.04. The first-order valence-electron chi connectivity index (χ1n) is 9.17. The van der Waals surface area contributed by atoms with Crippen molar-refractivity contribution in [3.63, 3.8) is 0 Å². The molecule has 1 aliphatic rings. The molecule has 28 heavy (non-hydrogen) atoms. The van der Waals surface area contributed by atoms with E-state index in [-0.39, 0.29) is 17.7 Å². The molecule has 2 amide bonds. The van der Waals surface area contributed by atoms with Crippen LogP contribution < -0.4 is 10.6 Å². The second-order valence-electron chi connectivity index (χ2n) is 6.83. The molecule has 2 aromatic heterocycles. The molecule has 0 aliphatic heterocycles. The van der Waals surface area contributed by atoms with Crippen LogP contribution in [0.4, 0.5) is 11.5 Å². The molecule has 0 spiro atoms. The Balaban J connectivity index is 1.39. The minimum absolute atomic E-state index is 0.00974. The molecule has 1 aliphatic carbocycles. The predicted molar refractivity (Wildman–Crippen MR) is 110 cm³/mol. The highest BCUT2D eigenvalue weighted by atomic mass is 32.1. The summed E-state index contributed by atoms with van der Waals surface area (Å²) in [6.07, 6.45) is 4.14. The molecule has 0 atom stereocenters. The zero-order valence-electron chi connectivity index (χ0n) is 15.4. The van der Waals surface area contributed by atoms with Gasteiger partial charge < -0.3 is 10.6 Å². The summed E-state index contributed by atoms with van der Waals surface area (Å²) < 4.78 is 0. The maximum atomic E-state index is 12.6. The summed E-state index contributed by atoms with van der Waals surface area (Å²) in [5.74, 6) is 0.427. The van der Waals surface area contributed by atoms with E-state index in [4.69, 9.17) is 0 Å². The van der Waals surface area contributed by atoms with Crippen molar-refractivity contribution < 1.29 is 9.59 Å². The number of anilines is 2. The number of amides is 2. The fraction of sp³-hybridized carbons (Fsp3) is 0.238. The molecule has 3 aromatic rings. The topological polar surface area (TPSA) is 84.0 Å². The van der Waals surface area contributed by atoms with E-state index in [9.17, 15) is 9.59 Å². The van der Waals surface area contributed by atoms with Crippen molar-refractivity contribution in [1.82, 2.24) is 9.97 Å². The van der Waals surface area contributed by atoms with Crippen LogP contribution in [0.1, 0.15) is 38.8 Å². The summed E-state index contributed by atoms with van der Waals surface area (Å²) in [5.41, 5.74) is 2.46. The van der Waals surface area contributed by atoms with Gasteiger partial charge in [0.15, 0.2) is 0 Å². The van der Waals surface area contributed by atoms with E-state index >= 15 is 0 Å². The standard InChI is InChI=1S/C21H20N4O2S/c1-13-19(28-18(23-13)11-14-5-3-2-4-6-14)21(27)24-16-9-10-17(22-12-16)25-20(26)15-7-8-15/h2-6,9-10,12,15H,7-8,11H2,1H3,(H,24,27)(H,22,25,26). The molecule has 1 aromatic carbocycles.